The predicted octanol–water partition coefficient (Wildman–Crippen LogP) is 0.706. The molecule has 0 aliphatic rings. The van der Waals surface area contributed by atoms with E-state index in [1.807, 2.05) is 13.1 Å². The summed E-state index contributed by atoms with van der Waals surface area (Å²) < 4.78 is 12.3. The first kappa shape index (κ1) is 10.7. The van der Waals surface area contributed by atoms with E-state index in [9.17, 15) is 0 Å². The molecule has 0 saturated heterocycles. The van der Waals surface area contributed by atoms with Gasteiger partial charge in [0.2, 0.25) is 0 Å². The Labute approximate surface area is 93.2 Å². The van der Waals surface area contributed by atoms with Crippen molar-refractivity contribution >= 4 is 0 Å². The van der Waals surface area contributed by atoms with Gasteiger partial charge in [-0.15, -0.1) is 5.10 Å². The van der Waals surface area contributed by atoms with Crippen LogP contribution in [0.15, 0.2) is 23.1 Å². The number of furan rings is 1. The van der Waals surface area contributed by atoms with Crippen LogP contribution in [0.4, 0.5) is 0 Å². The molecule has 2 heterocycles. The van der Waals surface area contributed by atoms with E-state index in [-0.39, 0.29) is 0 Å². The van der Waals surface area contributed by atoms with Crippen molar-refractivity contribution < 1.29 is 9.15 Å². The molecule has 0 unspecified atom stereocenters. The molecule has 86 valence electrons. The molecule has 0 aromatic carbocycles. The van der Waals surface area contributed by atoms with E-state index in [0.717, 1.165) is 11.3 Å². The summed E-state index contributed by atoms with van der Waals surface area (Å²) >= 11 is 0. The monoisotopic (exact) mass is 222 g/mol. The lowest BCUT2D eigenvalue weighted by atomic mass is 10.2. The van der Waals surface area contributed by atoms with E-state index >= 15 is 0 Å². The minimum atomic E-state index is 0.374. The van der Waals surface area contributed by atoms with Gasteiger partial charge in [0, 0.05) is 12.6 Å². The van der Waals surface area contributed by atoms with Crippen LogP contribution in [0.3, 0.4) is 0 Å². The maximum absolute atomic E-state index is 5.43. The van der Waals surface area contributed by atoms with Crippen LogP contribution in [0, 0.1) is 0 Å². The predicted molar refractivity (Wildman–Crippen MR) is 56.8 cm³/mol. The zero-order chi connectivity index (χ0) is 11.4. The van der Waals surface area contributed by atoms with Crippen LogP contribution in [-0.2, 0) is 20.2 Å². The molecule has 2 rings (SSSR count). The summed E-state index contributed by atoms with van der Waals surface area (Å²) in [4.78, 5) is 3.97. The molecule has 0 aliphatic heterocycles. The highest BCUT2D eigenvalue weighted by molar-refractivity contribution is 5.16. The van der Waals surface area contributed by atoms with Gasteiger partial charge in [-0.2, -0.15) is 4.98 Å². The molecule has 6 heteroatoms. The Kier molecular flexibility index (Phi) is 3.21. The second-order valence-electron chi connectivity index (χ2n) is 3.39. The first-order valence-corrected chi connectivity index (χ1v) is 4.98. The topological polar surface area (TPSA) is 65.1 Å². The summed E-state index contributed by atoms with van der Waals surface area (Å²) in [5.74, 6) is 0.874. The van der Waals surface area contributed by atoms with E-state index in [0.29, 0.717) is 19.2 Å². The van der Waals surface area contributed by atoms with Crippen LogP contribution in [0.1, 0.15) is 11.3 Å². The molecule has 0 fully saturated rings. The molecule has 0 aliphatic carbocycles. The van der Waals surface area contributed by atoms with Crippen LogP contribution in [-0.4, -0.2) is 21.8 Å². The summed E-state index contributed by atoms with van der Waals surface area (Å²) in [6, 6.07) is 2.26. The highest BCUT2D eigenvalue weighted by Gasteiger charge is 2.07. The molecule has 6 nitrogen and oxygen atoms in total. The highest BCUT2D eigenvalue weighted by atomic mass is 16.5. The van der Waals surface area contributed by atoms with E-state index in [2.05, 4.69) is 15.4 Å². The van der Waals surface area contributed by atoms with Gasteiger partial charge in [0.05, 0.1) is 12.8 Å². The average molecular weight is 222 g/mol. The molecule has 0 saturated carbocycles. The Balaban J connectivity index is 1.96. The Morgan fingerprint density at radius 3 is 3.12 bits per heavy atom. The van der Waals surface area contributed by atoms with Gasteiger partial charge >= 0.3 is 6.01 Å². The number of aryl methyl sites for hydroxylation is 1. The van der Waals surface area contributed by atoms with Gasteiger partial charge in [0.25, 0.3) is 0 Å². The van der Waals surface area contributed by atoms with Gasteiger partial charge < -0.3 is 14.5 Å². The van der Waals surface area contributed by atoms with Crippen molar-refractivity contribution in [2.45, 2.75) is 13.2 Å². The van der Waals surface area contributed by atoms with Gasteiger partial charge in [-0.05, 0) is 13.1 Å². The molecule has 2 aromatic heterocycles. The Morgan fingerprint density at radius 2 is 2.44 bits per heavy atom. The van der Waals surface area contributed by atoms with Crippen molar-refractivity contribution in [1.82, 2.24) is 20.1 Å². The van der Waals surface area contributed by atoms with Crippen LogP contribution in [0.5, 0.6) is 6.01 Å². The van der Waals surface area contributed by atoms with Crippen LogP contribution < -0.4 is 10.1 Å². The van der Waals surface area contributed by atoms with Crippen molar-refractivity contribution in [1.29, 1.82) is 0 Å². The third-order valence-corrected chi connectivity index (χ3v) is 2.11. The molecular formula is C10H14N4O2. The maximum Gasteiger partial charge on any atom is 0.335 e. The second-order valence-corrected chi connectivity index (χ2v) is 3.39. The number of ether oxygens (including phenoxy) is 1. The first-order chi connectivity index (χ1) is 7.79. The fraction of sp³-hybridized carbons (Fsp3) is 0.400. The molecule has 0 atom stereocenters. The summed E-state index contributed by atoms with van der Waals surface area (Å²) in [5.41, 5.74) is 1.00. The van der Waals surface area contributed by atoms with Crippen molar-refractivity contribution in [3.05, 3.63) is 30.0 Å². The Bertz CT molecular complexity index is 449. The third kappa shape index (κ3) is 2.40. The first-order valence-electron chi connectivity index (χ1n) is 4.98. The summed E-state index contributed by atoms with van der Waals surface area (Å²) in [6.45, 7) is 1.10. The summed E-state index contributed by atoms with van der Waals surface area (Å²) in [6.07, 6.45) is 3.25. The number of rotatable bonds is 5. The van der Waals surface area contributed by atoms with Gasteiger partial charge in [0.15, 0.2) is 0 Å². The maximum atomic E-state index is 5.43. The minimum absolute atomic E-state index is 0.374. The number of hydrogen-bond acceptors (Lipinski definition) is 5. The van der Waals surface area contributed by atoms with Crippen molar-refractivity contribution in [2.75, 3.05) is 7.05 Å². The van der Waals surface area contributed by atoms with E-state index < -0.39 is 0 Å². The minimum Gasteiger partial charge on any atom is -0.468 e. The van der Waals surface area contributed by atoms with Crippen LogP contribution in [0.25, 0.3) is 0 Å². The van der Waals surface area contributed by atoms with Gasteiger partial charge in [-0.25, -0.2) is 0 Å². The molecule has 16 heavy (non-hydrogen) atoms. The van der Waals surface area contributed by atoms with Gasteiger partial charge in [-0.3, -0.25) is 4.68 Å². The van der Waals surface area contributed by atoms with Crippen LogP contribution >= 0.6 is 0 Å². The molecule has 0 spiro atoms. The lowest BCUT2D eigenvalue weighted by Gasteiger charge is -2.02. The zero-order valence-electron chi connectivity index (χ0n) is 9.30. The number of aromatic nitrogens is 3. The summed E-state index contributed by atoms with van der Waals surface area (Å²) in [7, 11) is 3.66. The second kappa shape index (κ2) is 4.80. The smallest absolute Gasteiger partial charge is 0.335 e. The zero-order valence-corrected chi connectivity index (χ0v) is 9.30. The number of hydrogen-bond donors (Lipinski definition) is 1. The lowest BCUT2D eigenvalue weighted by Crippen LogP contribution is -2.07. The molecule has 0 bridgehead atoms. The van der Waals surface area contributed by atoms with Crippen molar-refractivity contribution in [3.63, 3.8) is 0 Å². The molecular weight excluding hydrogens is 208 g/mol. The van der Waals surface area contributed by atoms with E-state index in [1.54, 1.807) is 24.3 Å². The quantitative estimate of drug-likeness (QED) is 0.807. The molecule has 1 N–H and O–H groups in total. The molecule has 2 aromatic rings. The average Bonchev–Trinajstić information content (AvgIpc) is 2.85. The van der Waals surface area contributed by atoms with Crippen molar-refractivity contribution in [2.24, 2.45) is 7.05 Å². The fourth-order valence-corrected chi connectivity index (χ4v) is 1.34. The largest absolute Gasteiger partial charge is 0.468 e. The highest BCUT2D eigenvalue weighted by Crippen LogP contribution is 2.12. The lowest BCUT2D eigenvalue weighted by molar-refractivity contribution is 0.276. The van der Waals surface area contributed by atoms with E-state index in [4.69, 9.17) is 9.15 Å². The van der Waals surface area contributed by atoms with Gasteiger partial charge in [-0.1, -0.05) is 0 Å². The number of nitrogens with zero attached hydrogens (tertiary/aromatic N) is 3. The van der Waals surface area contributed by atoms with Gasteiger partial charge in [0.1, 0.15) is 18.7 Å². The van der Waals surface area contributed by atoms with Crippen molar-refractivity contribution in [3.8, 4) is 6.01 Å². The van der Waals surface area contributed by atoms with Crippen LogP contribution in [0.2, 0.25) is 0 Å². The SMILES string of the molecule is CNCc1occc1COc1ncn(C)n1. The Morgan fingerprint density at radius 1 is 1.56 bits per heavy atom. The summed E-state index contributed by atoms with van der Waals surface area (Å²) in [5, 5.41) is 7.05. The standard InChI is InChI=1S/C10H14N4O2/c1-11-5-9-8(3-4-15-9)6-16-10-12-7-14(2)13-10/h3-4,7,11H,5-6H2,1-2H3. The normalized spacial score (nSPS) is 10.6. The Hall–Kier alpha value is -1.82. The molecule has 0 amide bonds. The fourth-order valence-electron chi connectivity index (χ4n) is 1.34. The van der Waals surface area contributed by atoms with E-state index in [1.165, 1.54) is 0 Å². The third-order valence-electron chi connectivity index (χ3n) is 2.11. The number of nitrogens with one attached hydrogen (secondary N) is 1. The molecule has 0 radical (unpaired) electrons.